The molecule has 1 unspecified atom stereocenters. The normalized spacial score (nSPS) is 18.5. The highest BCUT2D eigenvalue weighted by Crippen LogP contribution is 2.22. The van der Waals surface area contributed by atoms with Gasteiger partial charge in [0, 0.05) is 19.0 Å². The van der Waals surface area contributed by atoms with Crippen LogP contribution in [0.4, 0.5) is 0 Å². The van der Waals surface area contributed by atoms with Crippen LogP contribution < -0.4 is 0 Å². The summed E-state index contributed by atoms with van der Waals surface area (Å²) in [5.74, 6) is -0.937. The second kappa shape index (κ2) is 6.36. The first-order chi connectivity index (χ1) is 9.16. The monoisotopic (exact) mass is 261 g/mol. The molecular formula is C15H19NO3. The van der Waals surface area contributed by atoms with Crippen LogP contribution in [-0.2, 0) is 16.0 Å². The zero-order chi connectivity index (χ0) is 13.7. The fourth-order valence-corrected chi connectivity index (χ4v) is 2.62. The van der Waals surface area contributed by atoms with Gasteiger partial charge >= 0.3 is 5.97 Å². The average molecular weight is 261 g/mol. The molecule has 1 N–H and O–H groups in total. The first-order valence-electron chi connectivity index (χ1n) is 6.72. The number of rotatable bonds is 5. The minimum Gasteiger partial charge on any atom is -0.481 e. The van der Waals surface area contributed by atoms with E-state index in [0.29, 0.717) is 0 Å². The third kappa shape index (κ3) is 3.81. The van der Waals surface area contributed by atoms with Gasteiger partial charge in [-0.15, -0.1) is 0 Å². The van der Waals surface area contributed by atoms with Crippen LogP contribution in [0.25, 0.3) is 0 Å². The highest BCUT2D eigenvalue weighted by Gasteiger charge is 2.28. The highest BCUT2D eigenvalue weighted by molar-refractivity contribution is 5.81. The quantitative estimate of drug-likeness (QED) is 0.883. The van der Waals surface area contributed by atoms with Crippen LogP contribution in [0, 0.1) is 0 Å². The molecule has 102 valence electrons. The first kappa shape index (κ1) is 13.6. The van der Waals surface area contributed by atoms with Gasteiger partial charge in [-0.2, -0.15) is 0 Å². The van der Waals surface area contributed by atoms with Crippen LogP contribution in [0.15, 0.2) is 30.3 Å². The first-order valence-corrected chi connectivity index (χ1v) is 6.72. The molecule has 1 aromatic rings. The Morgan fingerprint density at radius 2 is 1.95 bits per heavy atom. The van der Waals surface area contributed by atoms with Crippen molar-refractivity contribution in [3.63, 3.8) is 0 Å². The van der Waals surface area contributed by atoms with Gasteiger partial charge in [-0.1, -0.05) is 30.3 Å². The fraction of sp³-hybridized carbons (Fsp3) is 0.467. The van der Waals surface area contributed by atoms with Crippen LogP contribution in [0.1, 0.15) is 31.2 Å². The van der Waals surface area contributed by atoms with E-state index in [-0.39, 0.29) is 24.8 Å². The van der Waals surface area contributed by atoms with E-state index >= 15 is 0 Å². The van der Waals surface area contributed by atoms with Crippen molar-refractivity contribution >= 4 is 11.9 Å². The molecule has 0 aromatic heterocycles. The Morgan fingerprint density at radius 1 is 1.21 bits per heavy atom. The Bertz CT molecular complexity index is 444. The van der Waals surface area contributed by atoms with E-state index < -0.39 is 5.97 Å². The van der Waals surface area contributed by atoms with E-state index in [2.05, 4.69) is 12.1 Å². The van der Waals surface area contributed by atoms with Crippen molar-refractivity contribution < 1.29 is 14.7 Å². The van der Waals surface area contributed by atoms with Crippen LogP contribution in [0.2, 0.25) is 0 Å². The van der Waals surface area contributed by atoms with Gasteiger partial charge in [0.25, 0.3) is 0 Å². The van der Waals surface area contributed by atoms with Crippen molar-refractivity contribution in [2.24, 2.45) is 0 Å². The molecule has 1 aliphatic heterocycles. The predicted octanol–water partition coefficient (Wildman–Crippen LogP) is 2.08. The molecule has 1 fully saturated rings. The number of benzene rings is 1. The summed E-state index contributed by atoms with van der Waals surface area (Å²) in [5.41, 5.74) is 1.23. The molecular weight excluding hydrogens is 242 g/mol. The zero-order valence-corrected chi connectivity index (χ0v) is 10.9. The van der Waals surface area contributed by atoms with Crippen LogP contribution in [0.5, 0.6) is 0 Å². The molecule has 0 radical (unpaired) electrons. The van der Waals surface area contributed by atoms with Gasteiger partial charge in [0.1, 0.15) is 0 Å². The largest absolute Gasteiger partial charge is 0.481 e. The van der Waals surface area contributed by atoms with E-state index in [1.54, 1.807) is 0 Å². The van der Waals surface area contributed by atoms with E-state index in [0.717, 1.165) is 25.8 Å². The maximum atomic E-state index is 12.0. The zero-order valence-electron chi connectivity index (χ0n) is 10.9. The predicted molar refractivity (Wildman–Crippen MR) is 71.8 cm³/mol. The number of amides is 1. The number of hydrogen-bond donors (Lipinski definition) is 1. The molecule has 19 heavy (non-hydrogen) atoms. The Hall–Kier alpha value is -1.84. The number of hydrogen-bond acceptors (Lipinski definition) is 2. The van der Waals surface area contributed by atoms with Crippen molar-refractivity contribution in [3.8, 4) is 0 Å². The smallest absolute Gasteiger partial charge is 0.303 e. The molecule has 2 rings (SSSR count). The number of carbonyl (C=O) groups excluding carboxylic acids is 1. The summed E-state index contributed by atoms with van der Waals surface area (Å²) in [6.07, 6.45) is 2.91. The average Bonchev–Trinajstić information content (AvgIpc) is 2.85. The summed E-state index contributed by atoms with van der Waals surface area (Å²) >= 11 is 0. The maximum Gasteiger partial charge on any atom is 0.303 e. The van der Waals surface area contributed by atoms with Crippen LogP contribution >= 0.6 is 0 Å². The lowest BCUT2D eigenvalue weighted by molar-refractivity contribution is -0.141. The van der Waals surface area contributed by atoms with E-state index in [1.165, 1.54) is 5.56 Å². The Balaban J connectivity index is 1.93. The number of carboxylic acid groups (broad SMARTS) is 1. The van der Waals surface area contributed by atoms with Crippen molar-refractivity contribution in [1.29, 1.82) is 0 Å². The molecule has 1 heterocycles. The summed E-state index contributed by atoms with van der Waals surface area (Å²) in [7, 11) is 0. The van der Waals surface area contributed by atoms with E-state index in [4.69, 9.17) is 5.11 Å². The van der Waals surface area contributed by atoms with E-state index in [1.807, 2.05) is 23.1 Å². The summed E-state index contributed by atoms with van der Waals surface area (Å²) < 4.78 is 0. The molecule has 1 atom stereocenters. The van der Waals surface area contributed by atoms with Crippen molar-refractivity contribution in [2.45, 2.75) is 38.1 Å². The summed E-state index contributed by atoms with van der Waals surface area (Å²) in [6, 6.07) is 10.3. The molecule has 4 nitrogen and oxygen atoms in total. The van der Waals surface area contributed by atoms with Crippen LogP contribution in [-0.4, -0.2) is 34.5 Å². The summed E-state index contributed by atoms with van der Waals surface area (Å²) in [4.78, 5) is 24.4. The topological polar surface area (TPSA) is 57.6 Å². The molecule has 0 spiro atoms. The number of carbonyl (C=O) groups is 2. The Kier molecular flexibility index (Phi) is 4.55. The van der Waals surface area contributed by atoms with Gasteiger partial charge in [0.15, 0.2) is 0 Å². The Morgan fingerprint density at radius 3 is 2.63 bits per heavy atom. The third-order valence-electron chi connectivity index (χ3n) is 3.56. The minimum atomic E-state index is -0.910. The van der Waals surface area contributed by atoms with Gasteiger partial charge in [-0.05, 0) is 24.8 Å². The minimum absolute atomic E-state index is 0.0270. The van der Waals surface area contributed by atoms with Crippen LogP contribution in [0.3, 0.4) is 0 Å². The molecule has 1 aromatic carbocycles. The highest BCUT2D eigenvalue weighted by atomic mass is 16.4. The third-order valence-corrected chi connectivity index (χ3v) is 3.56. The number of aliphatic carboxylic acids is 1. The fourth-order valence-electron chi connectivity index (χ4n) is 2.62. The standard InChI is InChI=1S/C15H19NO3/c17-14(8-9-15(18)19)16-10-4-7-13(16)11-12-5-2-1-3-6-12/h1-3,5-6,13H,4,7-11H2,(H,18,19). The number of likely N-dealkylation sites (tertiary alicyclic amines) is 1. The number of carboxylic acids is 1. The van der Waals surface area contributed by atoms with Gasteiger partial charge in [0.2, 0.25) is 5.91 Å². The van der Waals surface area contributed by atoms with Crippen molar-refractivity contribution in [2.75, 3.05) is 6.54 Å². The second-order valence-electron chi connectivity index (χ2n) is 4.97. The van der Waals surface area contributed by atoms with Gasteiger partial charge in [-0.25, -0.2) is 0 Å². The lowest BCUT2D eigenvalue weighted by Gasteiger charge is -2.24. The van der Waals surface area contributed by atoms with Gasteiger partial charge < -0.3 is 10.0 Å². The number of nitrogens with zero attached hydrogens (tertiary/aromatic N) is 1. The summed E-state index contributed by atoms with van der Waals surface area (Å²) in [5, 5.41) is 8.64. The molecule has 1 aliphatic rings. The van der Waals surface area contributed by atoms with Gasteiger partial charge in [-0.3, -0.25) is 9.59 Å². The lowest BCUT2D eigenvalue weighted by Crippen LogP contribution is -2.36. The van der Waals surface area contributed by atoms with Crippen molar-refractivity contribution in [3.05, 3.63) is 35.9 Å². The Labute approximate surface area is 113 Å². The molecule has 0 bridgehead atoms. The maximum absolute atomic E-state index is 12.0. The molecule has 4 heteroatoms. The lowest BCUT2D eigenvalue weighted by atomic mass is 10.0. The second-order valence-corrected chi connectivity index (χ2v) is 4.97. The molecule has 1 amide bonds. The molecule has 1 saturated heterocycles. The SMILES string of the molecule is O=C(O)CCC(=O)N1CCCC1Cc1ccccc1. The van der Waals surface area contributed by atoms with Gasteiger partial charge in [0.05, 0.1) is 6.42 Å². The summed E-state index contributed by atoms with van der Waals surface area (Å²) in [6.45, 7) is 0.760. The van der Waals surface area contributed by atoms with Crippen molar-refractivity contribution in [1.82, 2.24) is 4.90 Å². The van der Waals surface area contributed by atoms with E-state index in [9.17, 15) is 9.59 Å². The molecule has 0 aliphatic carbocycles. The molecule has 0 saturated carbocycles.